The van der Waals surface area contributed by atoms with E-state index in [1.165, 1.54) is 3.57 Å². The van der Waals surface area contributed by atoms with Crippen molar-refractivity contribution < 1.29 is 4.74 Å². The lowest BCUT2D eigenvalue weighted by atomic mass is 10.3. The van der Waals surface area contributed by atoms with Gasteiger partial charge in [0.05, 0.1) is 16.3 Å². The summed E-state index contributed by atoms with van der Waals surface area (Å²) in [6, 6.07) is 0. The second kappa shape index (κ2) is 5.70. The molecule has 3 nitrogen and oxygen atoms in total. The normalized spacial score (nSPS) is 13.1. The minimum absolute atomic E-state index is 0.317. The van der Waals surface area contributed by atoms with Crippen LogP contribution in [0.4, 0.5) is 0 Å². The van der Waals surface area contributed by atoms with Crippen LogP contribution in [-0.2, 0) is 17.9 Å². The Morgan fingerprint density at radius 2 is 2.29 bits per heavy atom. The molecule has 0 unspecified atom stereocenters. The van der Waals surface area contributed by atoms with Crippen LogP contribution in [0.25, 0.3) is 0 Å². The first-order valence-corrected chi connectivity index (χ1v) is 6.08. The van der Waals surface area contributed by atoms with Crippen LogP contribution in [0, 0.1) is 3.57 Å². The number of halogens is 1. The van der Waals surface area contributed by atoms with Gasteiger partial charge < -0.3 is 4.74 Å². The van der Waals surface area contributed by atoms with Gasteiger partial charge in [0.25, 0.3) is 0 Å². The summed E-state index contributed by atoms with van der Waals surface area (Å²) in [5, 5.41) is 4.42. The van der Waals surface area contributed by atoms with Gasteiger partial charge in [0, 0.05) is 12.7 Å². The van der Waals surface area contributed by atoms with Crippen molar-refractivity contribution >= 4 is 22.6 Å². The van der Waals surface area contributed by atoms with Gasteiger partial charge in [-0.2, -0.15) is 5.10 Å². The molecule has 1 aromatic rings. The fraction of sp³-hybridized carbons (Fsp3) is 0.700. The smallest absolute Gasteiger partial charge is 0.101 e. The molecule has 0 radical (unpaired) electrons. The molecular formula is C10H17IN2O. The number of ether oxygens (including phenoxy) is 1. The summed E-state index contributed by atoms with van der Waals surface area (Å²) in [6.45, 7) is 7.84. The van der Waals surface area contributed by atoms with E-state index < -0.39 is 0 Å². The van der Waals surface area contributed by atoms with E-state index in [4.69, 9.17) is 4.74 Å². The summed E-state index contributed by atoms with van der Waals surface area (Å²) in [5.74, 6) is 0. The van der Waals surface area contributed by atoms with Crippen LogP contribution in [-0.4, -0.2) is 15.9 Å². The SMILES string of the molecule is CC[C@@H](C)OCc1nn(CC)cc1I. The van der Waals surface area contributed by atoms with Crippen molar-refractivity contribution in [1.82, 2.24) is 9.78 Å². The Balaban J connectivity index is 2.53. The molecule has 4 heteroatoms. The van der Waals surface area contributed by atoms with Crippen LogP contribution >= 0.6 is 22.6 Å². The summed E-state index contributed by atoms with van der Waals surface area (Å²) >= 11 is 2.30. The van der Waals surface area contributed by atoms with E-state index in [1.54, 1.807) is 0 Å². The number of hydrogen-bond acceptors (Lipinski definition) is 2. The number of nitrogens with zero attached hydrogens (tertiary/aromatic N) is 2. The van der Waals surface area contributed by atoms with E-state index in [0.717, 1.165) is 18.7 Å². The standard InChI is InChI=1S/C10H17IN2O/c1-4-8(3)14-7-10-9(11)6-13(5-2)12-10/h6,8H,4-5,7H2,1-3H3/t8-/m1/s1. The van der Waals surface area contributed by atoms with Crippen LogP contribution in [0.3, 0.4) is 0 Å². The molecule has 1 rings (SSSR count). The summed E-state index contributed by atoms with van der Waals surface area (Å²) in [6.07, 6.45) is 3.42. The van der Waals surface area contributed by atoms with Gasteiger partial charge in [-0.1, -0.05) is 6.92 Å². The first kappa shape index (κ1) is 12.0. The van der Waals surface area contributed by atoms with Gasteiger partial charge >= 0.3 is 0 Å². The average molecular weight is 308 g/mol. The Morgan fingerprint density at radius 1 is 1.57 bits per heavy atom. The zero-order valence-corrected chi connectivity index (χ0v) is 11.1. The molecule has 0 aliphatic carbocycles. The predicted octanol–water partition coefficient (Wildman–Crippen LogP) is 2.82. The van der Waals surface area contributed by atoms with Gasteiger partial charge in [-0.25, -0.2) is 0 Å². The Morgan fingerprint density at radius 3 is 2.79 bits per heavy atom. The second-order valence-corrected chi connectivity index (χ2v) is 4.47. The molecule has 0 saturated carbocycles. The van der Waals surface area contributed by atoms with Gasteiger partial charge in [-0.3, -0.25) is 4.68 Å². The van der Waals surface area contributed by atoms with Crippen LogP contribution in [0.1, 0.15) is 32.9 Å². The van der Waals surface area contributed by atoms with Gasteiger partial charge in [0.15, 0.2) is 0 Å². The van der Waals surface area contributed by atoms with E-state index in [9.17, 15) is 0 Å². The van der Waals surface area contributed by atoms with E-state index >= 15 is 0 Å². The fourth-order valence-corrected chi connectivity index (χ4v) is 1.62. The quantitative estimate of drug-likeness (QED) is 0.782. The molecule has 0 aliphatic heterocycles. The van der Waals surface area contributed by atoms with Crippen LogP contribution in [0.5, 0.6) is 0 Å². The lowest BCUT2D eigenvalue weighted by Crippen LogP contribution is -2.07. The highest BCUT2D eigenvalue weighted by Gasteiger charge is 2.07. The van der Waals surface area contributed by atoms with Crippen molar-refractivity contribution in [2.75, 3.05) is 0 Å². The van der Waals surface area contributed by atoms with E-state index in [0.29, 0.717) is 12.7 Å². The largest absolute Gasteiger partial charge is 0.372 e. The monoisotopic (exact) mass is 308 g/mol. The highest BCUT2D eigenvalue weighted by Crippen LogP contribution is 2.12. The maximum absolute atomic E-state index is 5.64. The highest BCUT2D eigenvalue weighted by atomic mass is 127. The first-order valence-electron chi connectivity index (χ1n) is 5.00. The topological polar surface area (TPSA) is 27.1 Å². The third-order valence-electron chi connectivity index (χ3n) is 2.19. The van der Waals surface area contributed by atoms with E-state index in [2.05, 4.69) is 54.7 Å². The Labute approximate surface area is 99.0 Å². The molecule has 0 bridgehead atoms. The third-order valence-corrected chi connectivity index (χ3v) is 3.09. The second-order valence-electron chi connectivity index (χ2n) is 3.31. The first-order chi connectivity index (χ1) is 6.67. The Kier molecular flexibility index (Phi) is 4.88. The summed E-state index contributed by atoms with van der Waals surface area (Å²) < 4.78 is 8.76. The van der Waals surface area contributed by atoms with Crippen molar-refractivity contribution in [1.29, 1.82) is 0 Å². The molecule has 0 fully saturated rings. The zero-order valence-electron chi connectivity index (χ0n) is 8.96. The molecule has 1 heterocycles. The average Bonchev–Trinajstić information content (AvgIpc) is 2.55. The summed E-state index contributed by atoms with van der Waals surface area (Å²) in [5.41, 5.74) is 1.05. The zero-order chi connectivity index (χ0) is 10.6. The number of rotatable bonds is 5. The van der Waals surface area contributed by atoms with Crippen LogP contribution in [0.2, 0.25) is 0 Å². The van der Waals surface area contributed by atoms with Crippen molar-refractivity contribution in [2.24, 2.45) is 0 Å². The van der Waals surface area contributed by atoms with Crippen molar-refractivity contribution in [3.8, 4) is 0 Å². The van der Waals surface area contributed by atoms with Gasteiger partial charge in [-0.15, -0.1) is 0 Å². The van der Waals surface area contributed by atoms with Crippen molar-refractivity contribution in [3.63, 3.8) is 0 Å². The molecule has 14 heavy (non-hydrogen) atoms. The lowest BCUT2D eigenvalue weighted by molar-refractivity contribution is 0.0482. The summed E-state index contributed by atoms with van der Waals surface area (Å²) in [4.78, 5) is 0. The van der Waals surface area contributed by atoms with Gasteiger partial charge in [0.2, 0.25) is 0 Å². The maximum atomic E-state index is 5.64. The molecule has 0 aromatic carbocycles. The molecule has 0 aliphatic rings. The molecular weight excluding hydrogens is 291 g/mol. The number of aromatic nitrogens is 2. The van der Waals surface area contributed by atoms with E-state index in [1.807, 2.05) is 4.68 Å². The van der Waals surface area contributed by atoms with Crippen LogP contribution < -0.4 is 0 Å². The Hall–Kier alpha value is -0.100. The third kappa shape index (κ3) is 3.24. The molecule has 1 aromatic heterocycles. The maximum Gasteiger partial charge on any atom is 0.101 e. The predicted molar refractivity (Wildman–Crippen MR) is 65.2 cm³/mol. The minimum atomic E-state index is 0.317. The molecule has 0 N–H and O–H groups in total. The van der Waals surface area contributed by atoms with Gasteiger partial charge in [-0.05, 0) is 42.9 Å². The number of hydrogen-bond donors (Lipinski definition) is 0. The van der Waals surface area contributed by atoms with E-state index in [-0.39, 0.29) is 0 Å². The molecule has 80 valence electrons. The van der Waals surface area contributed by atoms with Gasteiger partial charge in [0.1, 0.15) is 5.69 Å². The van der Waals surface area contributed by atoms with Crippen LogP contribution in [0.15, 0.2) is 6.20 Å². The number of aryl methyl sites for hydroxylation is 1. The Bertz CT molecular complexity index is 286. The molecule has 0 amide bonds. The molecule has 0 saturated heterocycles. The minimum Gasteiger partial charge on any atom is -0.372 e. The van der Waals surface area contributed by atoms with Crippen molar-refractivity contribution in [3.05, 3.63) is 15.5 Å². The van der Waals surface area contributed by atoms with Crippen molar-refractivity contribution in [2.45, 2.75) is 46.4 Å². The molecule has 1 atom stereocenters. The fourth-order valence-electron chi connectivity index (χ4n) is 1.04. The summed E-state index contributed by atoms with van der Waals surface area (Å²) in [7, 11) is 0. The molecule has 0 spiro atoms. The highest BCUT2D eigenvalue weighted by molar-refractivity contribution is 14.1. The lowest BCUT2D eigenvalue weighted by Gasteiger charge is -2.08.